The van der Waals surface area contributed by atoms with Crippen LogP contribution in [0.4, 0.5) is 4.39 Å². The van der Waals surface area contributed by atoms with Crippen LogP contribution in [0.2, 0.25) is 0 Å². The van der Waals surface area contributed by atoms with Crippen LogP contribution >= 0.6 is 24.0 Å². The Balaban J connectivity index is 0.00000324. The minimum atomic E-state index is -0.633. The molecule has 106 valence electrons. The summed E-state index contributed by atoms with van der Waals surface area (Å²) in [6.07, 6.45) is 1.73. The van der Waals surface area contributed by atoms with E-state index in [9.17, 15) is 4.39 Å². The molecule has 0 atom stereocenters. The molecule has 1 rings (SSSR count). The molecule has 0 radical (unpaired) electrons. The van der Waals surface area contributed by atoms with E-state index in [4.69, 9.17) is 5.11 Å². The monoisotopic (exact) mass is 379 g/mol. The summed E-state index contributed by atoms with van der Waals surface area (Å²) in [6, 6.07) is 4.24. The number of guanidine groups is 1. The minimum Gasteiger partial charge on any atom is -0.505 e. The van der Waals surface area contributed by atoms with Crippen molar-refractivity contribution in [3.63, 3.8) is 0 Å². The molecule has 3 N–H and O–H groups in total. The zero-order chi connectivity index (χ0) is 13.4. The number of phenolic OH excluding ortho intramolecular Hbond substituents is 1. The number of nitrogens with one attached hydrogen (secondary N) is 2. The maximum absolute atomic E-state index is 13.1. The summed E-state index contributed by atoms with van der Waals surface area (Å²) in [5, 5.41) is 15.2. The second-order valence-electron chi connectivity index (χ2n) is 3.65. The van der Waals surface area contributed by atoms with E-state index in [0.717, 1.165) is 6.54 Å². The van der Waals surface area contributed by atoms with Gasteiger partial charge in [0.2, 0.25) is 0 Å². The van der Waals surface area contributed by atoms with Gasteiger partial charge in [-0.2, -0.15) is 0 Å². The third kappa shape index (κ3) is 6.42. The average molecular weight is 379 g/mol. The minimum absolute atomic E-state index is 0. The number of benzene rings is 1. The molecule has 0 fully saturated rings. The summed E-state index contributed by atoms with van der Waals surface area (Å²) in [4.78, 5) is 4.29. The number of aliphatic imine (C=N–C) groups is 1. The molecule has 19 heavy (non-hydrogen) atoms. The molecule has 0 bridgehead atoms. The van der Waals surface area contributed by atoms with Gasteiger partial charge in [0.15, 0.2) is 17.5 Å². The van der Waals surface area contributed by atoms with Crippen molar-refractivity contribution in [3.8, 4) is 5.75 Å². The summed E-state index contributed by atoms with van der Waals surface area (Å²) in [5.74, 6) is -0.336. The molecule has 0 aliphatic heterocycles. The first-order valence-corrected chi connectivity index (χ1v) is 5.77. The summed E-state index contributed by atoms with van der Waals surface area (Å²) in [5.41, 5.74) is 0.695. The van der Waals surface area contributed by atoms with E-state index in [1.165, 1.54) is 12.1 Å². The van der Waals surface area contributed by atoms with Gasteiger partial charge in [-0.3, -0.25) is 0 Å². The Morgan fingerprint density at radius 1 is 1.47 bits per heavy atom. The predicted octanol–water partition coefficient (Wildman–Crippen LogP) is 2.39. The smallest absolute Gasteiger partial charge is 0.191 e. The number of aromatic hydroxyl groups is 1. The Morgan fingerprint density at radius 3 is 2.79 bits per heavy atom. The Morgan fingerprint density at radius 2 is 2.21 bits per heavy atom. The molecule has 0 heterocycles. The fourth-order valence-electron chi connectivity index (χ4n) is 1.33. The molecule has 1 aromatic rings. The molecule has 0 aliphatic carbocycles. The van der Waals surface area contributed by atoms with E-state index in [0.29, 0.717) is 24.6 Å². The van der Waals surface area contributed by atoms with Crippen molar-refractivity contribution in [1.82, 2.24) is 10.6 Å². The Bertz CT molecular complexity index is 438. The van der Waals surface area contributed by atoms with Crippen LogP contribution in [-0.4, -0.2) is 24.2 Å². The van der Waals surface area contributed by atoms with E-state index in [-0.39, 0.29) is 29.7 Å². The van der Waals surface area contributed by atoms with Crippen LogP contribution in [0.15, 0.2) is 35.8 Å². The number of phenols is 1. The van der Waals surface area contributed by atoms with Gasteiger partial charge in [-0.25, -0.2) is 9.38 Å². The van der Waals surface area contributed by atoms with E-state index < -0.39 is 5.82 Å². The SMILES string of the molecule is C=CCNC(=NCc1ccc(O)c(F)c1)NCC.I. The van der Waals surface area contributed by atoms with Crippen LogP contribution < -0.4 is 10.6 Å². The summed E-state index contributed by atoms with van der Waals surface area (Å²) in [6.45, 7) is 7.26. The van der Waals surface area contributed by atoms with Crippen molar-refractivity contribution < 1.29 is 9.50 Å². The molecule has 0 unspecified atom stereocenters. The number of halogens is 2. The van der Waals surface area contributed by atoms with Crippen LogP contribution in [0.3, 0.4) is 0 Å². The van der Waals surface area contributed by atoms with Crippen LogP contribution in [0.1, 0.15) is 12.5 Å². The van der Waals surface area contributed by atoms with Gasteiger partial charge in [0.25, 0.3) is 0 Å². The van der Waals surface area contributed by atoms with Gasteiger partial charge in [-0.1, -0.05) is 12.1 Å². The lowest BCUT2D eigenvalue weighted by Gasteiger charge is -2.09. The van der Waals surface area contributed by atoms with Crippen molar-refractivity contribution in [2.45, 2.75) is 13.5 Å². The molecule has 0 saturated carbocycles. The van der Waals surface area contributed by atoms with Crippen molar-refractivity contribution in [2.24, 2.45) is 4.99 Å². The van der Waals surface area contributed by atoms with Crippen LogP contribution in [0.25, 0.3) is 0 Å². The van der Waals surface area contributed by atoms with Crippen molar-refractivity contribution in [2.75, 3.05) is 13.1 Å². The van der Waals surface area contributed by atoms with Crippen molar-refractivity contribution >= 4 is 29.9 Å². The van der Waals surface area contributed by atoms with Gasteiger partial charge >= 0.3 is 0 Å². The zero-order valence-electron chi connectivity index (χ0n) is 10.8. The van der Waals surface area contributed by atoms with Gasteiger partial charge in [0, 0.05) is 13.1 Å². The highest BCUT2D eigenvalue weighted by atomic mass is 127. The van der Waals surface area contributed by atoms with Crippen LogP contribution in [-0.2, 0) is 6.54 Å². The molecule has 0 amide bonds. The Hall–Kier alpha value is -1.31. The molecule has 4 nitrogen and oxygen atoms in total. The van der Waals surface area contributed by atoms with Gasteiger partial charge in [-0.05, 0) is 24.6 Å². The first kappa shape index (κ1) is 17.7. The summed E-state index contributed by atoms with van der Waals surface area (Å²) >= 11 is 0. The average Bonchev–Trinajstić information content (AvgIpc) is 2.37. The molecule has 0 spiro atoms. The van der Waals surface area contributed by atoms with Gasteiger partial charge < -0.3 is 15.7 Å². The third-order valence-corrected chi connectivity index (χ3v) is 2.19. The zero-order valence-corrected chi connectivity index (χ0v) is 13.1. The highest BCUT2D eigenvalue weighted by Crippen LogP contribution is 2.16. The van der Waals surface area contributed by atoms with E-state index >= 15 is 0 Å². The maximum atomic E-state index is 13.1. The number of hydrogen-bond acceptors (Lipinski definition) is 2. The highest BCUT2D eigenvalue weighted by Gasteiger charge is 2.01. The van der Waals surface area contributed by atoms with Crippen molar-refractivity contribution in [3.05, 3.63) is 42.2 Å². The lowest BCUT2D eigenvalue weighted by molar-refractivity contribution is 0.432. The quantitative estimate of drug-likeness (QED) is 0.319. The van der Waals surface area contributed by atoms with E-state index in [1.54, 1.807) is 12.1 Å². The molecular weight excluding hydrogens is 360 g/mol. The second-order valence-corrected chi connectivity index (χ2v) is 3.65. The maximum Gasteiger partial charge on any atom is 0.191 e. The predicted molar refractivity (Wildman–Crippen MR) is 86.5 cm³/mol. The molecule has 6 heteroatoms. The number of hydrogen-bond donors (Lipinski definition) is 3. The normalized spacial score (nSPS) is 10.5. The topological polar surface area (TPSA) is 56.7 Å². The van der Waals surface area contributed by atoms with E-state index in [1.807, 2.05) is 6.92 Å². The molecule has 0 saturated heterocycles. The molecule has 0 aromatic heterocycles. The van der Waals surface area contributed by atoms with E-state index in [2.05, 4.69) is 22.2 Å². The fourth-order valence-corrected chi connectivity index (χ4v) is 1.33. The molecule has 1 aromatic carbocycles. The molecule has 0 aliphatic rings. The molecular formula is C13H19FIN3O. The van der Waals surface area contributed by atoms with Gasteiger partial charge in [-0.15, -0.1) is 30.6 Å². The van der Waals surface area contributed by atoms with Crippen molar-refractivity contribution in [1.29, 1.82) is 0 Å². The van der Waals surface area contributed by atoms with Gasteiger partial charge in [0.05, 0.1) is 6.54 Å². The fraction of sp³-hybridized carbons (Fsp3) is 0.308. The standard InChI is InChI=1S/C13H18FN3O.HI/c1-3-7-16-13(15-4-2)17-9-10-5-6-12(18)11(14)8-10;/h3,5-6,8,18H,1,4,7,9H2,2H3,(H2,15,16,17);1H. The summed E-state index contributed by atoms with van der Waals surface area (Å²) in [7, 11) is 0. The number of nitrogens with zero attached hydrogens (tertiary/aromatic N) is 1. The second kappa shape index (κ2) is 9.60. The lowest BCUT2D eigenvalue weighted by atomic mass is 10.2. The lowest BCUT2D eigenvalue weighted by Crippen LogP contribution is -2.37. The Labute approximate surface area is 129 Å². The Kier molecular flexibility index (Phi) is 8.94. The first-order valence-electron chi connectivity index (χ1n) is 5.77. The van der Waals surface area contributed by atoms with Crippen LogP contribution in [0.5, 0.6) is 5.75 Å². The largest absolute Gasteiger partial charge is 0.505 e. The van der Waals surface area contributed by atoms with Gasteiger partial charge in [0.1, 0.15) is 0 Å². The highest BCUT2D eigenvalue weighted by molar-refractivity contribution is 14.0. The first-order chi connectivity index (χ1) is 8.67. The number of rotatable bonds is 5. The third-order valence-electron chi connectivity index (χ3n) is 2.19. The van der Waals surface area contributed by atoms with Crippen LogP contribution in [0, 0.1) is 5.82 Å². The summed E-state index contributed by atoms with van der Waals surface area (Å²) < 4.78 is 13.1.